The van der Waals surface area contributed by atoms with Crippen molar-refractivity contribution in [1.29, 1.82) is 0 Å². The summed E-state index contributed by atoms with van der Waals surface area (Å²) in [6, 6.07) is 18.2. The molecule has 5 N–H and O–H groups in total. The number of carbonyl (C=O) groups excluding carboxylic acids is 2. The largest absolute Gasteiger partial charge is 0.444 e. The van der Waals surface area contributed by atoms with Gasteiger partial charge in [-0.15, -0.1) is 0 Å². The van der Waals surface area contributed by atoms with Crippen LogP contribution in [0.25, 0.3) is 0 Å². The zero-order valence-electron chi connectivity index (χ0n) is 17.5. The van der Waals surface area contributed by atoms with E-state index in [1.165, 1.54) is 0 Å². The fourth-order valence-corrected chi connectivity index (χ4v) is 4.04. The number of aromatic nitrogens is 1. The van der Waals surface area contributed by atoms with Crippen LogP contribution in [0.2, 0.25) is 0 Å². The Labute approximate surface area is 186 Å². The van der Waals surface area contributed by atoms with Gasteiger partial charge in [0.05, 0.1) is 17.4 Å². The summed E-state index contributed by atoms with van der Waals surface area (Å²) >= 11 is 0. The molecule has 1 aromatic heterocycles. The molecule has 1 aliphatic rings. The lowest BCUT2D eigenvalue weighted by Gasteiger charge is -2.29. The number of ether oxygens (including phenoxy) is 1. The lowest BCUT2D eigenvalue weighted by Crippen LogP contribution is -2.40. The van der Waals surface area contributed by atoms with E-state index in [2.05, 4.69) is 15.2 Å². The van der Waals surface area contributed by atoms with Crippen LogP contribution < -0.4 is 21.7 Å². The molecule has 0 aliphatic carbocycles. The van der Waals surface area contributed by atoms with E-state index in [0.717, 1.165) is 11.3 Å². The third kappa shape index (κ3) is 4.80. The van der Waals surface area contributed by atoms with Crippen LogP contribution in [0.5, 0.6) is 0 Å². The molecule has 2 amide bonds. The minimum atomic E-state index is -0.778. The third-order valence-electron chi connectivity index (χ3n) is 5.59. The van der Waals surface area contributed by atoms with Crippen LogP contribution in [0.4, 0.5) is 21.9 Å². The SMILES string of the molecule is NC(=O)OC1CCN(c2ccc(C(=O)Nc3ccccc3N)cc2)[C@H]1Cc1cccnc1. The van der Waals surface area contributed by atoms with Crippen molar-refractivity contribution in [2.75, 3.05) is 22.5 Å². The molecular weight excluding hydrogens is 406 g/mol. The molecule has 2 atom stereocenters. The number of hydrogen-bond donors (Lipinski definition) is 3. The fourth-order valence-electron chi connectivity index (χ4n) is 4.04. The first kappa shape index (κ1) is 21.2. The van der Waals surface area contributed by atoms with E-state index >= 15 is 0 Å². The molecule has 0 spiro atoms. The number of nitrogens with one attached hydrogen (secondary N) is 1. The first-order valence-corrected chi connectivity index (χ1v) is 10.4. The van der Waals surface area contributed by atoms with Crippen LogP contribution >= 0.6 is 0 Å². The Kier molecular flexibility index (Phi) is 6.21. The fraction of sp³-hybridized carbons (Fsp3) is 0.208. The molecule has 2 heterocycles. The molecule has 1 saturated heterocycles. The quantitative estimate of drug-likeness (QED) is 0.515. The topological polar surface area (TPSA) is 124 Å². The van der Waals surface area contributed by atoms with E-state index in [1.54, 1.807) is 36.7 Å². The lowest BCUT2D eigenvalue weighted by molar-refractivity contribution is 0.100. The van der Waals surface area contributed by atoms with Crippen molar-refractivity contribution in [2.24, 2.45) is 5.73 Å². The number of pyridine rings is 1. The number of amides is 2. The van der Waals surface area contributed by atoms with Crippen molar-refractivity contribution in [2.45, 2.75) is 25.0 Å². The summed E-state index contributed by atoms with van der Waals surface area (Å²) in [4.78, 5) is 30.4. The van der Waals surface area contributed by atoms with Crippen LogP contribution in [0.3, 0.4) is 0 Å². The number of anilines is 3. The number of nitrogens with two attached hydrogens (primary N) is 2. The highest BCUT2D eigenvalue weighted by atomic mass is 16.6. The second kappa shape index (κ2) is 9.38. The highest BCUT2D eigenvalue weighted by molar-refractivity contribution is 6.05. The first-order valence-electron chi connectivity index (χ1n) is 10.4. The molecule has 0 saturated carbocycles. The van der Waals surface area contributed by atoms with Gasteiger partial charge in [-0.2, -0.15) is 0 Å². The van der Waals surface area contributed by atoms with E-state index in [-0.39, 0.29) is 18.1 Å². The third-order valence-corrected chi connectivity index (χ3v) is 5.59. The number of primary amides is 1. The van der Waals surface area contributed by atoms with Crippen molar-refractivity contribution in [3.63, 3.8) is 0 Å². The van der Waals surface area contributed by atoms with Gasteiger partial charge in [0, 0.05) is 36.6 Å². The number of benzene rings is 2. The summed E-state index contributed by atoms with van der Waals surface area (Å²) in [6.07, 6.45) is 3.75. The van der Waals surface area contributed by atoms with Crippen molar-refractivity contribution in [3.05, 3.63) is 84.2 Å². The molecule has 1 aliphatic heterocycles. The Bertz CT molecular complexity index is 1090. The molecule has 0 bridgehead atoms. The van der Waals surface area contributed by atoms with Gasteiger partial charge < -0.3 is 26.4 Å². The normalized spacial score (nSPS) is 17.7. The molecule has 164 valence electrons. The molecule has 8 heteroatoms. The number of hydrogen-bond acceptors (Lipinski definition) is 6. The Hall–Kier alpha value is -4.07. The molecule has 1 fully saturated rings. The standard InChI is InChI=1S/C24H25N5O3/c25-19-5-1-2-6-20(19)28-23(30)17-7-9-18(10-8-17)29-13-11-22(32-24(26)31)21(29)14-16-4-3-12-27-15-16/h1-10,12,15,21-22H,11,13-14,25H2,(H2,26,31)(H,28,30)/t21-,22?/m0/s1. The predicted molar refractivity (Wildman–Crippen MR) is 123 cm³/mol. The molecule has 8 nitrogen and oxygen atoms in total. The Morgan fingerprint density at radius 3 is 2.56 bits per heavy atom. The van der Waals surface area contributed by atoms with E-state index in [4.69, 9.17) is 16.2 Å². The average molecular weight is 431 g/mol. The van der Waals surface area contributed by atoms with Gasteiger partial charge in [-0.1, -0.05) is 18.2 Å². The lowest BCUT2D eigenvalue weighted by atomic mass is 10.0. The number of para-hydroxylation sites is 2. The summed E-state index contributed by atoms with van der Waals surface area (Å²) < 4.78 is 5.39. The van der Waals surface area contributed by atoms with E-state index in [9.17, 15) is 9.59 Å². The van der Waals surface area contributed by atoms with Crippen LogP contribution in [-0.4, -0.2) is 35.7 Å². The first-order chi connectivity index (χ1) is 15.5. The molecule has 32 heavy (non-hydrogen) atoms. The van der Waals surface area contributed by atoms with Gasteiger partial charge in [0.1, 0.15) is 6.10 Å². The molecule has 2 aromatic carbocycles. The number of nitrogen functional groups attached to an aromatic ring is 1. The van der Waals surface area contributed by atoms with Crippen molar-refractivity contribution in [1.82, 2.24) is 4.98 Å². The monoisotopic (exact) mass is 431 g/mol. The van der Waals surface area contributed by atoms with Crippen LogP contribution in [0.1, 0.15) is 22.3 Å². The van der Waals surface area contributed by atoms with E-state index < -0.39 is 6.09 Å². The van der Waals surface area contributed by atoms with Gasteiger partial charge in [-0.3, -0.25) is 9.78 Å². The second-order valence-electron chi connectivity index (χ2n) is 7.68. The van der Waals surface area contributed by atoms with Crippen LogP contribution in [-0.2, 0) is 11.2 Å². The maximum Gasteiger partial charge on any atom is 0.404 e. The summed E-state index contributed by atoms with van der Waals surface area (Å²) in [6.45, 7) is 0.703. The predicted octanol–water partition coefficient (Wildman–Crippen LogP) is 3.20. The molecule has 1 unspecified atom stereocenters. The second-order valence-corrected chi connectivity index (χ2v) is 7.68. The van der Waals surface area contributed by atoms with Gasteiger partial charge in [0.15, 0.2) is 0 Å². The minimum absolute atomic E-state index is 0.0875. The highest BCUT2D eigenvalue weighted by Gasteiger charge is 2.36. The van der Waals surface area contributed by atoms with Crippen molar-refractivity contribution in [3.8, 4) is 0 Å². The summed E-state index contributed by atoms with van der Waals surface area (Å²) in [5.41, 5.74) is 14.8. The Balaban J connectivity index is 1.51. The van der Waals surface area contributed by atoms with Crippen molar-refractivity contribution < 1.29 is 14.3 Å². The summed E-state index contributed by atoms with van der Waals surface area (Å²) in [7, 11) is 0. The Morgan fingerprint density at radius 2 is 1.88 bits per heavy atom. The maximum absolute atomic E-state index is 12.6. The summed E-state index contributed by atoms with van der Waals surface area (Å²) in [5.74, 6) is -0.238. The van der Waals surface area contributed by atoms with Gasteiger partial charge >= 0.3 is 6.09 Å². The van der Waals surface area contributed by atoms with E-state index in [1.807, 2.05) is 36.4 Å². The maximum atomic E-state index is 12.6. The summed E-state index contributed by atoms with van der Waals surface area (Å²) in [5, 5.41) is 2.83. The Morgan fingerprint density at radius 1 is 1.09 bits per heavy atom. The number of rotatable bonds is 6. The molecule has 0 radical (unpaired) electrons. The van der Waals surface area contributed by atoms with Crippen molar-refractivity contribution >= 4 is 29.1 Å². The van der Waals surface area contributed by atoms with Gasteiger partial charge in [-0.25, -0.2) is 4.79 Å². The highest BCUT2D eigenvalue weighted by Crippen LogP contribution is 2.30. The minimum Gasteiger partial charge on any atom is -0.444 e. The molecular formula is C24H25N5O3. The van der Waals surface area contributed by atoms with Crippen LogP contribution in [0.15, 0.2) is 73.1 Å². The van der Waals surface area contributed by atoms with E-state index in [0.29, 0.717) is 36.3 Å². The number of carbonyl (C=O) groups is 2. The smallest absolute Gasteiger partial charge is 0.404 e. The van der Waals surface area contributed by atoms with Gasteiger partial charge in [-0.05, 0) is 54.4 Å². The molecule has 4 rings (SSSR count). The zero-order valence-corrected chi connectivity index (χ0v) is 17.5. The molecule has 3 aromatic rings. The zero-order chi connectivity index (χ0) is 22.5. The van der Waals surface area contributed by atoms with Gasteiger partial charge in [0.25, 0.3) is 5.91 Å². The average Bonchev–Trinajstić information content (AvgIpc) is 3.17. The number of nitrogens with zero attached hydrogens (tertiary/aromatic N) is 2. The van der Waals surface area contributed by atoms with Crippen LogP contribution in [0, 0.1) is 0 Å². The van der Waals surface area contributed by atoms with Gasteiger partial charge in [0.2, 0.25) is 0 Å².